The van der Waals surface area contributed by atoms with Crippen LogP contribution in [0, 0.1) is 18.8 Å². The Balaban J connectivity index is 1.60. The minimum atomic E-state index is 0.133. The second-order valence-electron chi connectivity index (χ2n) is 6.66. The van der Waals surface area contributed by atoms with Crippen LogP contribution in [0.4, 0.5) is 0 Å². The number of likely N-dealkylation sites (N-methyl/N-ethyl adjacent to an activating group) is 1. The van der Waals surface area contributed by atoms with Crippen LogP contribution in [0.3, 0.4) is 0 Å². The molecule has 1 aromatic heterocycles. The molecule has 3 atom stereocenters. The van der Waals surface area contributed by atoms with Crippen molar-refractivity contribution < 1.29 is 9.59 Å². The van der Waals surface area contributed by atoms with Gasteiger partial charge in [-0.15, -0.1) is 11.3 Å². The number of carbonyl (C=O) groups excluding carboxylic acids is 2. The van der Waals surface area contributed by atoms with Crippen molar-refractivity contribution >= 4 is 23.2 Å². The summed E-state index contributed by atoms with van der Waals surface area (Å²) in [5, 5.41) is 2.96. The van der Waals surface area contributed by atoms with Crippen molar-refractivity contribution in [2.24, 2.45) is 11.8 Å². The number of thiazole rings is 1. The Morgan fingerprint density at radius 3 is 2.86 bits per heavy atom. The number of fused-ring (bicyclic) bond motifs is 1. The molecule has 1 saturated heterocycles. The quantitative estimate of drug-likeness (QED) is 0.851. The fourth-order valence-corrected chi connectivity index (χ4v) is 4.39. The lowest BCUT2D eigenvalue weighted by atomic mass is 9.88. The molecule has 0 spiro atoms. The average molecular weight is 321 g/mol. The molecule has 2 amide bonds. The van der Waals surface area contributed by atoms with E-state index in [0.717, 1.165) is 30.1 Å². The summed E-state index contributed by atoms with van der Waals surface area (Å²) in [5.74, 6) is 1.37. The molecule has 5 nitrogen and oxygen atoms in total. The van der Waals surface area contributed by atoms with Gasteiger partial charge < -0.3 is 9.80 Å². The van der Waals surface area contributed by atoms with Crippen LogP contribution in [0.15, 0.2) is 5.38 Å². The molecule has 2 fully saturated rings. The summed E-state index contributed by atoms with van der Waals surface area (Å²) in [4.78, 5) is 32.4. The van der Waals surface area contributed by atoms with Crippen LogP contribution < -0.4 is 0 Å². The van der Waals surface area contributed by atoms with Gasteiger partial charge in [-0.1, -0.05) is 0 Å². The fourth-order valence-electron chi connectivity index (χ4n) is 3.78. The second kappa shape index (κ2) is 5.99. The normalized spacial score (nSPS) is 27.9. The summed E-state index contributed by atoms with van der Waals surface area (Å²) in [6.45, 7) is 2.80. The Morgan fingerprint density at radius 1 is 1.45 bits per heavy atom. The molecule has 0 unspecified atom stereocenters. The molecule has 1 aromatic rings. The van der Waals surface area contributed by atoms with Gasteiger partial charge in [0.25, 0.3) is 0 Å². The lowest BCUT2D eigenvalue weighted by Gasteiger charge is -2.31. The number of nitrogens with zero attached hydrogens (tertiary/aromatic N) is 3. The number of piperidine rings is 1. The first-order chi connectivity index (χ1) is 10.4. The Kier molecular flexibility index (Phi) is 4.21. The van der Waals surface area contributed by atoms with E-state index in [1.807, 2.05) is 36.2 Å². The van der Waals surface area contributed by atoms with Crippen LogP contribution in [0.25, 0.3) is 0 Å². The maximum absolute atomic E-state index is 12.5. The molecule has 0 radical (unpaired) electrons. The van der Waals surface area contributed by atoms with Crippen molar-refractivity contribution in [3.63, 3.8) is 0 Å². The van der Waals surface area contributed by atoms with Gasteiger partial charge in [0.05, 0.1) is 17.1 Å². The lowest BCUT2D eigenvalue weighted by Crippen LogP contribution is -2.40. The highest BCUT2D eigenvalue weighted by molar-refractivity contribution is 7.09. The molecule has 1 aliphatic heterocycles. The molecule has 0 aromatic carbocycles. The highest BCUT2D eigenvalue weighted by Gasteiger charge is 2.42. The predicted octanol–water partition coefficient (Wildman–Crippen LogP) is 1.71. The van der Waals surface area contributed by atoms with E-state index in [0.29, 0.717) is 24.7 Å². The SMILES string of the molecule is Cc1nc(CC(=O)N(C)[C@H]2C[C@H]3CC(=O)N(C)C[C@H]3C2)cs1. The molecule has 1 saturated carbocycles. The van der Waals surface area contributed by atoms with E-state index in [1.165, 1.54) is 0 Å². The van der Waals surface area contributed by atoms with Crippen LogP contribution in [-0.2, 0) is 16.0 Å². The Morgan fingerprint density at radius 2 is 2.18 bits per heavy atom. The van der Waals surface area contributed by atoms with Gasteiger partial charge in [0.15, 0.2) is 0 Å². The monoisotopic (exact) mass is 321 g/mol. The van der Waals surface area contributed by atoms with E-state index in [2.05, 4.69) is 4.98 Å². The molecule has 120 valence electrons. The molecule has 0 bridgehead atoms. The van der Waals surface area contributed by atoms with Crippen LogP contribution in [0.1, 0.15) is 30.0 Å². The van der Waals surface area contributed by atoms with Crippen LogP contribution >= 0.6 is 11.3 Å². The largest absolute Gasteiger partial charge is 0.345 e. The van der Waals surface area contributed by atoms with E-state index in [4.69, 9.17) is 0 Å². The van der Waals surface area contributed by atoms with Crippen molar-refractivity contribution in [3.05, 3.63) is 16.1 Å². The average Bonchev–Trinajstić information content (AvgIpc) is 3.05. The van der Waals surface area contributed by atoms with Crippen LogP contribution in [0.5, 0.6) is 0 Å². The molecule has 6 heteroatoms. The van der Waals surface area contributed by atoms with Gasteiger partial charge in [0.2, 0.25) is 11.8 Å². The highest BCUT2D eigenvalue weighted by Crippen LogP contribution is 2.40. The summed E-state index contributed by atoms with van der Waals surface area (Å²) >= 11 is 1.58. The number of likely N-dealkylation sites (tertiary alicyclic amines) is 1. The van der Waals surface area contributed by atoms with Crippen LogP contribution in [-0.4, -0.2) is 53.3 Å². The first-order valence-electron chi connectivity index (χ1n) is 7.84. The summed E-state index contributed by atoms with van der Waals surface area (Å²) in [5.41, 5.74) is 0.865. The number of hydrogen-bond acceptors (Lipinski definition) is 4. The van der Waals surface area contributed by atoms with E-state index >= 15 is 0 Å². The van der Waals surface area contributed by atoms with Crippen LogP contribution in [0.2, 0.25) is 0 Å². The second-order valence-corrected chi connectivity index (χ2v) is 7.73. The smallest absolute Gasteiger partial charge is 0.228 e. The standard InChI is InChI=1S/C16H23N3O2S/c1-10-17-13(9-22-10)7-16(21)19(3)14-4-11-6-15(20)18(2)8-12(11)5-14/h9,11-12,14H,4-8H2,1-3H3/t11-,12+,14-/m0/s1. The number of aromatic nitrogens is 1. The third-order valence-electron chi connectivity index (χ3n) is 5.13. The van der Waals surface area contributed by atoms with Gasteiger partial charge >= 0.3 is 0 Å². The third-order valence-corrected chi connectivity index (χ3v) is 5.95. The van der Waals surface area contributed by atoms with Gasteiger partial charge in [-0.2, -0.15) is 0 Å². The third kappa shape index (κ3) is 3.02. The van der Waals surface area contributed by atoms with Gasteiger partial charge in [-0.3, -0.25) is 9.59 Å². The Hall–Kier alpha value is -1.43. The maximum atomic E-state index is 12.5. The number of rotatable bonds is 3. The maximum Gasteiger partial charge on any atom is 0.228 e. The van der Waals surface area contributed by atoms with Gasteiger partial charge in [0.1, 0.15) is 0 Å². The first kappa shape index (κ1) is 15.5. The molecule has 1 aliphatic carbocycles. The minimum absolute atomic E-state index is 0.133. The predicted molar refractivity (Wildman–Crippen MR) is 85.6 cm³/mol. The van der Waals surface area contributed by atoms with Crippen molar-refractivity contribution in [2.45, 2.75) is 38.6 Å². The van der Waals surface area contributed by atoms with Gasteiger partial charge in [-0.05, 0) is 31.6 Å². The van der Waals surface area contributed by atoms with Gasteiger partial charge in [-0.25, -0.2) is 4.98 Å². The summed E-state index contributed by atoms with van der Waals surface area (Å²) in [7, 11) is 3.78. The Labute approximate surface area is 135 Å². The molecular formula is C16H23N3O2S. The van der Waals surface area contributed by atoms with Crippen molar-refractivity contribution in [1.29, 1.82) is 0 Å². The van der Waals surface area contributed by atoms with E-state index < -0.39 is 0 Å². The molecule has 22 heavy (non-hydrogen) atoms. The molecule has 2 aliphatic rings. The summed E-state index contributed by atoms with van der Waals surface area (Å²) < 4.78 is 0. The molecule has 0 N–H and O–H groups in total. The number of hydrogen-bond donors (Lipinski definition) is 0. The zero-order valence-electron chi connectivity index (χ0n) is 13.4. The Bertz CT molecular complexity index is 586. The number of amides is 2. The topological polar surface area (TPSA) is 53.5 Å². The minimum Gasteiger partial charge on any atom is -0.345 e. The summed E-state index contributed by atoms with van der Waals surface area (Å²) in [6.07, 6.45) is 3.00. The van der Waals surface area contributed by atoms with Gasteiger partial charge in [0, 0.05) is 38.5 Å². The zero-order chi connectivity index (χ0) is 15.9. The molecule has 2 heterocycles. The first-order valence-corrected chi connectivity index (χ1v) is 8.72. The van der Waals surface area contributed by atoms with Crippen molar-refractivity contribution in [2.75, 3.05) is 20.6 Å². The summed E-state index contributed by atoms with van der Waals surface area (Å²) in [6, 6.07) is 0.265. The number of aryl methyl sites for hydroxylation is 1. The zero-order valence-corrected chi connectivity index (χ0v) is 14.2. The lowest BCUT2D eigenvalue weighted by molar-refractivity contribution is -0.135. The van der Waals surface area contributed by atoms with Crippen molar-refractivity contribution in [1.82, 2.24) is 14.8 Å². The number of carbonyl (C=O) groups is 2. The van der Waals surface area contributed by atoms with E-state index in [1.54, 1.807) is 11.3 Å². The van der Waals surface area contributed by atoms with E-state index in [-0.39, 0.29) is 17.9 Å². The fraction of sp³-hybridized carbons (Fsp3) is 0.688. The molecular weight excluding hydrogens is 298 g/mol. The highest BCUT2D eigenvalue weighted by atomic mass is 32.1. The molecule has 3 rings (SSSR count). The van der Waals surface area contributed by atoms with Crippen molar-refractivity contribution in [3.8, 4) is 0 Å². The van der Waals surface area contributed by atoms with E-state index in [9.17, 15) is 9.59 Å².